The molecule has 0 saturated carbocycles. The Hall–Kier alpha value is -3.33. The predicted octanol–water partition coefficient (Wildman–Crippen LogP) is 4.86. The van der Waals surface area contributed by atoms with Crippen LogP contribution in [0.1, 0.15) is 31.8 Å². The van der Waals surface area contributed by atoms with Gasteiger partial charge < -0.3 is 15.0 Å². The molecule has 10 heteroatoms. The molecule has 2 aromatic carbocycles. The highest BCUT2D eigenvalue weighted by atomic mass is 35.5. The normalized spacial score (nSPS) is 13.4. The van der Waals surface area contributed by atoms with Gasteiger partial charge in [-0.2, -0.15) is 0 Å². The van der Waals surface area contributed by atoms with E-state index in [9.17, 15) is 14.0 Å². The number of amides is 1. The van der Waals surface area contributed by atoms with Crippen molar-refractivity contribution in [2.75, 3.05) is 31.6 Å². The number of hydrogen-bond donors (Lipinski definition) is 2. The number of benzene rings is 2. The van der Waals surface area contributed by atoms with E-state index in [1.165, 1.54) is 24.4 Å². The van der Waals surface area contributed by atoms with E-state index in [2.05, 4.69) is 10.3 Å². The number of carbonyl (C=O) groups is 2. The van der Waals surface area contributed by atoms with Crippen LogP contribution in [0.2, 0.25) is 10.0 Å². The van der Waals surface area contributed by atoms with Crippen LogP contribution in [0.5, 0.6) is 0 Å². The van der Waals surface area contributed by atoms with E-state index in [4.69, 9.17) is 33.3 Å². The number of hydrogen-bond acceptors (Lipinski definition) is 5. The van der Waals surface area contributed by atoms with Crippen LogP contribution in [0.25, 0.3) is 0 Å². The largest absolute Gasteiger partial charge is 0.378 e. The average molecular weight is 515 g/mol. The molecule has 1 aromatic heterocycles. The zero-order chi connectivity index (χ0) is 24.9. The van der Waals surface area contributed by atoms with Gasteiger partial charge in [-0.05, 0) is 42.0 Å². The molecule has 0 aliphatic carbocycles. The molecule has 0 spiro atoms. The van der Waals surface area contributed by atoms with Crippen molar-refractivity contribution in [2.45, 2.75) is 6.42 Å². The summed E-state index contributed by atoms with van der Waals surface area (Å²) >= 11 is 11.9. The lowest BCUT2D eigenvalue weighted by molar-refractivity contribution is 0.0680. The van der Waals surface area contributed by atoms with Crippen LogP contribution in [-0.2, 0) is 11.2 Å². The fourth-order valence-electron chi connectivity index (χ4n) is 3.67. The molecule has 2 N–H and O–H groups in total. The molecule has 1 aliphatic heterocycles. The third-order valence-electron chi connectivity index (χ3n) is 5.51. The number of ketones is 1. The minimum Gasteiger partial charge on any atom is -0.378 e. The Bertz CT molecular complexity index is 1280. The van der Waals surface area contributed by atoms with E-state index in [0.29, 0.717) is 47.5 Å². The number of nitrogens with one attached hydrogen (secondary N) is 2. The zero-order valence-corrected chi connectivity index (χ0v) is 20.0. The topological polar surface area (TPSA) is 95.4 Å². The first-order valence-electron chi connectivity index (χ1n) is 10.8. The molecule has 2 heterocycles. The van der Waals surface area contributed by atoms with Crippen LogP contribution >= 0.6 is 23.2 Å². The number of amidine groups is 1. The Morgan fingerprint density at radius 3 is 2.46 bits per heavy atom. The second kappa shape index (κ2) is 10.9. The number of carbonyl (C=O) groups excluding carboxylic acids is 2. The predicted molar refractivity (Wildman–Crippen MR) is 132 cm³/mol. The zero-order valence-electron chi connectivity index (χ0n) is 18.5. The van der Waals surface area contributed by atoms with Gasteiger partial charge in [-0.3, -0.25) is 15.0 Å². The molecule has 0 atom stereocenters. The molecule has 1 aliphatic rings. The van der Waals surface area contributed by atoms with E-state index >= 15 is 0 Å². The summed E-state index contributed by atoms with van der Waals surface area (Å²) in [6.07, 6.45) is 1.18. The van der Waals surface area contributed by atoms with Gasteiger partial charge in [0, 0.05) is 41.9 Å². The summed E-state index contributed by atoms with van der Waals surface area (Å²) in [5, 5.41) is 11.7. The third kappa shape index (κ3) is 6.03. The van der Waals surface area contributed by atoms with Gasteiger partial charge in [0.2, 0.25) is 0 Å². The molecule has 0 radical (unpaired) electrons. The SMILES string of the molecule is N=C(c1ccc(C(=O)Cc2ccc(Cl)cc2C(=O)Nc2ccc(Cl)cn2)c(F)c1)N1CCOCC1. The van der Waals surface area contributed by atoms with Crippen LogP contribution in [-0.4, -0.2) is 53.7 Å². The number of Topliss-reactive ketones (excluding diaryl/α,β-unsaturated/α-hetero) is 1. The van der Waals surface area contributed by atoms with Gasteiger partial charge in [-0.25, -0.2) is 9.37 Å². The highest BCUT2D eigenvalue weighted by molar-refractivity contribution is 6.31. The van der Waals surface area contributed by atoms with Gasteiger partial charge >= 0.3 is 0 Å². The lowest BCUT2D eigenvalue weighted by Gasteiger charge is -2.29. The van der Waals surface area contributed by atoms with Crippen molar-refractivity contribution >= 4 is 46.5 Å². The van der Waals surface area contributed by atoms with Gasteiger partial charge in [-0.1, -0.05) is 35.3 Å². The maximum Gasteiger partial charge on any atom is 0.257 e. The second-order valence-electron chi connectivity index (χ2n) is 7.86. The first kappa shape index (κ1) is 24.8. The van der Waals surface area contributed by atoms with Crippen molar-refractivity contribution in [3.8, 4) is 0 Å². The van der Waals surface area contributed by atoms with Gasteiger partial charge in [0.25, 0.3) is 5.91 Å². The summed E-state index contributed by atoms with van der Waals surface area (Å²) < 4.78 is 20.2. The van der Waals surface area contributed by atoms with Gasteiger partial charge in [0.15, 0.2) is 5.78 Å². The van der Waals surface area contributed by atoms with Crippen molar-refractivity contribution < 1.29 is 18.7 Å². The molecular weight excluding hydrogens is 494 g/mol. The maximum absolute atomic E-state index is 14.9. The van der Waals surface area contributed by atoms with Crippen molar-refractivity contribution in [3.63, 3.8) is 0 Å². The fraction of sp³-hybridized carbons (Fsp3) is 0.200. The standard InChI is InChI=1S/C25H21Cl2FN4O3/c26-17-3-1-15(20(13-17)25(34)31-23-6-4-18(27)14-30-23)12-22(33)19-5-2-16(11-21(19)28)24(29)32-7-9-35-10-8-32/h1-6,11,13-14,29H,7-10,12H2,(H,30,31,34). The second-order valence-corrected chi connectivity index (χ2v) is 8.73. The summed E-state index contributed by atoms with van der Waals surface area (Å²) in [5.74, 6) is -1.29. The number of morpholine rings is 1. The number of halogens is 3. The number of nitrogens with zero attached hydrogens (tertiary/aromatic N) is 2. The molecular formula is C25H21Cl2FN4O3. The van der Waals surface area contributed by atoms with E-state index < -0.39 is 17.5 Å². The third-order valence-corrected chi connectivity index (χ3v) is 5.97. The highest BCUT2D eigenvalue weighted by Gasteiger charge is 2.21. The quantitative estimate of drug-likeness (QED) is 0.278. The Morgan fingerprint density at radius 1 is 1.03 bits per heavy atom. The fourth-order valence-corrected chi connectivity index (χ4v) is 3.96. The number of rotatable bonds is 6. The van der Waals surface area contributed by atoms with E-state index in [0.717, 1.165) is 0 Å². The first-order valence-corrected chi connectivity index (χ1v) is 11.5. The molecule has 1 saturated heterocycles. The number of ether oxygens (including phenoxy) is 1. The van der Waals surface area contributed by atoms with E-state index in [-0.39, 0.29) is 29.2 Å². The van der Waals surface area contributed by atoms with Crippen LogP contribution in [0.3, 0.4) is 0 Å². The summed E-state index contributed by atoms with van der Waals surface area (Å²) in [5.41, 5.74) is 0.816. The van der Waals surface area contributed by atoms with Gasteiger partial charge in [0.05, 0.1) is 23.8 Å². The molecule has 0 unspecified atom stereocenters. The van der Waals surface area contributed by atoms with E-state index in [1.54, 1.807) is 35.2 Å². The van der Waals surface area contributed by atoms with Crippen LogP contribution < -0.4 is 5.32 Å². The Morgan fingerprint density at radius 2 is 1.77 bits per heavy atom. The molecule has 1 fully saturated rings. The lowest BCUT2D eigenvalue weighted by atomic mass is 9.97. The first-order chi connectivity index (χ1) is 16.8. The Kier molecular flexibility index (Phi) is 7.75. The summed E-state index contributed by atoms with van der Waals surface area (Å²) in [6.45, 7) is 2.11. The van der Waals surface area contributed by atoms with Gasteiger partial charge in [0.1, 0.15) is 17.5 Å². The number of pyridine rings is 1. The monoisotopic (exact) mass is 514 g/mol. The summed E-state index contributed by atoms with van der Waals surface area (Å²) in [6, 6.07) is 11.8. The molecule has 7 nitrogen and oxygen atoms in total. The van der Waals surface area contributed by atoms with Crippen LogP contribution in [0, 0.1) is 11.2 Å². The molecule has 4 rings (SSSR count). The number of aromatic nitrogens is 1. The highest BCUT2D eigenvalue weighted by Crippen LogP contribution is 2.22. The van der Waals surface area contributed by atoms with Gasteiger partial charge in [-0.15, -0.1) is 0 Å². The Labute approximate surface area is 211 Å². The van der Waals surface area contributed by atoms with Crippen molar-refractivity contribution in [1.82, 2.24) is 9.88 Å². The van der Waals surface area contributed by atoms with Crippen LogP contribution in [0.4, 0.5) is 10.2 Å². The minimum absolute atomic E-state index is 0.121. The van der Waals surface area contributed by atoms with E-state index in [1.807, 2.05) is 0 Å². The van der Waals surface area contributed by atoms with Crippen molar-refractivity contribution in [3.05, 3.63) is 92.8 Å². The molecule has 35 heavy (non-hydrogen) atoms. The van der Waals surface area contributed by atoms with Crippen LogP contribution in [0.15, 0.2) is 54.7 Å². The average Bonchev–Trinajstić information content (AvgIpc) is 2.86. The lowest BCUT2D eigenvalue weighted by Crippen LogP contribution is -2.40. The minimum atomic E-state index is -0.726. The van der Waals surface area contributed by atoms with Crippen molar-refractivity contribution in [1.29, 1.82) is 5.41 Å². The Balaban J connectivity index is 1.52. The maximum atomic E-state index is 14.9. The molecule has 180 valence electrons. The molecule has 3 aromatic rings. The summed E-state index contributed by atoms with van der Waals surface area (Å²) in [7, 11) is 0. The van der Waals surface area contributed by atoms with Crippen molar-refractivity contribution in [2.24, 2.45) is 0 Å². The smallest absolute Gasteiger partial charge is 0.257 e. The number of anilines is 1. The molecule has 0 bridgehead atoms. The summed E-state index contributed by atoms with van der Waals surface area (Å²) in [4.78, 5) is 31.7. The molecule has 1 amide bonds.